The normalized spacial score (nSPS) is 10.7. The quantitative estimate of drug-likeness (QED) is 0.381. The third-order valence-electron chi connectivity index (χ3n) is 4.24. The molecule has 0 unspecified atom stereocenters. The topological polar surface area (TPSA) is 35.0 Å². The van der Waals surface area contributed by atoms with E-state index < -0.39 is 0 Å². The van der Waals surface area contributed by atoms with E-state index in [4.69, 9.17) is 4.74 Å². The summed E-state index contributed by atoms with van der Waals surface area (Å²) in [5, 5.41) is 0.759. The molecule has 0 saturated heterocycles. The summed E-state index contributed by atoms with van der Waals surface area (Å²) in [6, 6.07) is 18.5. The molecular formula is C22H24N2OS. The van der Waals surface area contributed by atoms with Gasteiger partial charge in [-0.1, -0.05) is 62.0 Å². The van der Waals surface area contributed by atoms with Crippen LogP contribution in [0.5, 0.6) is 11.6 Å². The largest absolute Gasteiger partial charge is 0.439 e. The summed E-state index contributed by atoms with van der Waals surface area (Å²) in [7, 11) is 0. The number of ether oxygens (including phenoxy) is 1. The van der Waals surface area contributed by atoms with E-state index in [1.165, 1.54) is 16.7 Å². The van der Waals surface area contributed by atoms with Gasteiger partial charge >= 0.3 is 0 Å². The van der Waals surface area contributed by atoms with Gasteiger partial charge in [0.1, 0.15) is 5.75 Å². The molecule has 0 radical (unpaired) electrons. The molecule has 3 nitrogen and oxygen atoms in total. The monoisotopic (exact) mass is 364 g/mol. The van der Waals surface area contributed by atoms with Crippen molar-refractivity contribution in [3.05, 3.63) is 77.0 Å². The fraction of sp³-hybridized carbons (Fsp3) is 0.273. The summed E-state index contributed by atoms with van der Waals surface area (Å²) in [6.07, 6.45) is 1.84. The highest BCUT2D eigenvalue weighted by Crippen LogP contribution is 2.26. The number of aryl methyl sites for hydroxylation is 3. The fourth-order valence-corrected chi connectivity index (χ4v) is 3.56. The predicted molar refractivity (Wildman–Crippen MR) is 108 cm³/mol. The number of hydrogen-bond donors (Lipinski definition) is 0. The van der Waals surface area contributed by atoms with Crippen molar-refractivity contribution < 1.29 is 4.74 Å². The van der Waals surface area contributed by atoms with Crippen LogP contribution >= 0.6 is 11.8 Å². The molecule has 0 amide bonds. The van der Waals surface area contributed by atoms with Gasteiger partial charge in [-0.2, -0.15) is 4.98 Å². The minimum absolute atomic E-state index is 0.609. The molecule has 0 atom stereocenters. The van der Waals surface area contributed by atoms with E-state index >= 15 is 0 Å². The maximum atomic E-state index is 6.02. The van der Waals surface area contributed by atoms with Crippen LogP contribution in [-0.2, 0) is 18.6 Å². The van der Waals surface area contributed by atoms with Gasteiger partial charge < -0.3 is 4.74 Å². The second-order valence-electron chi connectivity index (χ2n) is 6.15. The summed E-state index contributed by atoms with van der Waals surface area (Å²) in [5.74, 6) is 2.28. The molecule has 0 fully saturated rings. The van der Waals surface area contributed by atoms with Crippen LogP contribution in [0.2, 0.25) is 0 Å². The van der Waals surface area contributed by atoms with Gasteiger partial charge in [-0.25, -0.2) is 4.98 Å². The Balaban J connectivity index is 1.78. The van der Waals surface area contributed by atoms with Crippen LogP contribution in [0.1, 0.15) is 36.2 Å². The Bertz CT molecular complexity index is 880. The van der Waals surface area contributed by atoms with Gasteiger partial charge in [0.15, 0.2) is 5.16 Å². The molecule has 0 N–H and O–H groups in total. The first-order valence-corrected chi connectivity index (χ1v) is 9.98. The smallest absolute Gasteiger partial charge is 0.223 e. The van der Waals surface area contributed by atoms with E-state index in [1.54, 1.807) is 11.8 Å². The molecular weight excluding hydrogens is 340 g/mol. The van der Waals surface area contributed by atoms with Gasteiger partial charge in [-0.15, -0.1) is 0 Å². The second kappa shape index (κ2) is 8.86. The molecule has 26 heavy (non-hydrogen) atoms. The zero-order valence-electron chi connectivity index (χ0n) is 15.5. The summed E-state index contributed by atoms with van der Waals surface area (Å²) >= 11 is 1.65. The molecule has 3 aromatic rings. The molecule has 0 aliphatic heterocycles. The van der Waals surface area contributed by atoms with Gasteiger partial charge in [0.25, 0.3) is 0 Å². The van der Waals surface area contributed by atoms with Crippen LogP contribution in [0.3, 0.4) is 0 Å². The zero-order chi connectivity index (χ0) is 18.4. The lowest BCUT2D eigenvalue weighted by molar-refractivity contribution is 0.453. The molecule has 0 aliphatic rings. The lowest BCUT2D eigenvalue weighted by Gasteiger charge is -2.10. The third-order valence-corrected chi connectivity index (χ3v) is 5.14. The molecule has 0 spiro atoms. The number of hydrogen-bond acceptors (Lipinski definition) is 4. The van der Waals surface area contributed by atoms with Crippen LogP contribution in [0, 0.1) is 6.92 Å². The summed E-state index contributed by atoms with van der Waals surface area (Å²) in [4.78, 5) is 9.25. The van der Waals surface area contributed by atoms with Crippen molar-refractivity contribution in [3.63, 3.8) is 0 Å². The van der Waals surface area contributed by atoms with Crippen molar-refractivity contribution >= 4 is 11.8 Å². The lowest BCUT2D eigenvalue weighted by atomic mass is 10.1. The summed E-state index contributed by atoms with van der Waals surface area (Å²) in [6.45, 7) is 6.37. The van der Waals surface area contributed by atoms with E-state index in [-0.39, 0.29) is 0 Å². The molecule has 3 rings (SSSR count). The Morgan fingerprint density at radius 3 is 2.54 bits per heavy atom. The van der Waals surface area contributed by atoms with Crippen molar-refractivity contribution in [2.45, 2.75) is 44.5 Å². The van der Waals surface area contributed by atoms with E-state index in [2.05, 4.69) is 67.1 Å². The first kappa shape index (κ1) is 18.5. The molecule has 2 aromatic carbocycles. The predicted octanol–water partition coefficient (Wildman–Crippen LogP) is 5.99. The Hall–Kier alpha value is -2.33. The van der Waals surface area contributed by atoms with Gasteiger partial charge in [0.05, 0.1) is 0 Å². The Morgan fingerprint density at radius 1 is 0.923 bits per heavy atom. The maximum Gasteiger partial charge on any atom is 0.223 e. The van der Waals surface area contributed by atoms with Crippen molar-refractivity contribution in [2.24, 2.45) is 0 Å². The average Bonchev–Trinajstić information content (AvgIpc) is 2.67. The van der Waals surface area contributed by atoms with Crippen LogP contribution < -0.4 is 4.74 Å². The maximum absolute atomic E-state index is 6.02. The SMILES string of the molecule is CCc1cccc(Oc2cc(CC)nc(SCc3ccccc3C)n2)c1. The molecule has 0 saturated carbocycles. The minimum atomic E-state index is 0.609. The molecule has 0 aliphatic carbocycles. The molecule has 1 heterocycles. The highest BCUT2D eigenvalue weighted by atomic mass is 32.2. The second-order valence-corrected chi connectivity index (χ2v) is 7.09. The van der Waals surface area contributed by atoms with E-state index in [0.29, 0.717) is 5.88 Å². The van der Waals surface area contributed by atoms with Crippen LogP contribution in [0.4, 0.5) is 0 Å². The standard InChI is InChI=1S/C22H24N2OS/c1-4-17-10-8-12-20(13-17)25-21-14-19(5-2)23-22(24-21)26-15-18-11-7-6-9-16(18)3/h6-14H,4-5,15H2,1-3H3. The lowest BCUT2D eigenvalue weighted by Crippen LogP contribution is -1.98. The van der Waals surface area contributed by atoms with E-state index in [1.807, 2.05) is 18.2 Å². The molecule has 134 valence electrons. The first-order valence-electron chi connectivity index (χ1n) is 9.00. The zero-order valence-corrected chi connectivity index (χ0v) is 16.3. The number of thioether (sulfide) groups is 1. The summed E-state index contributed by atoms with van der Waals surface area (Å²) in [5.41, 5.74) is 4.84. The molecule has 0 bridgehead atoms. The summed E-state index contributed by atoms with van der Waals surface area (Å²) < 4.78 is 6.02. The van der Waals surface area contributed by atoms with Gasteiger partial charge in [-0.3, -0.25) is 0 Å². The number of aromatic nitrogens is 2. The first-order chi connectivity index (χ1) is 12.7. The van der Waals surface area contributed by atoms with Crippen molar-refractivity contribution in [2.75, 3.05) is 0 Å². The van der Waals surface area contributed by atoms with Gasteiger partial charge in [0, 0.05) is 17.5 Å². The van der Waals surface area contributed by atoms with Gasteiger partial charge in [0.2, 0.25) is 5.88 Å². The van der Waals surface area contributed by atoms with Gasteiger partial charge in [-0.05, 0) is 48.6 Å². The van der Waals surface area contributed by atoms with Crippen molar-refractivity contribution in [1.82, 2.24) is 9.97 Å². The third kappa shape index (κ3) is 4.85. The van der Waals surface area contributed by atoms with Crippen LogP contribution in [0.15, 0.2) is 59.8 Å². The number of benzene rings is 2. The fourth-order valence-electron chi connectivity index (χ4n) is 2.61. The Labute approximate surface area is 159 Å². The minimum Gasteiger partial charge on any atom is -0.439 e. The molecule has 1 aromatic heterocycles. The average molecular weight is 365 g/mol. The number of rotatable bonds is 7. The highest BCUT2D eigenvalue weighted by molar-refractivity contribution is 7.98. The molecule has 4 heteroatoms. The van der Waals surface area contributed by atoms with Crippen molar-refractivity contribution in [1.29, 1.82) is 0 Å². The Morgan fingerprint density at radius 2 is 1.77 bits per heavy atom. The highest BCUT2D eigenvalue weighted by Gasteiger charge is 2.08. The van der Waals surface area contributed by atoms with Crippen molar-refractivity contribution in [3.8, 4) is 11.6 Å². The van der Waals surface area contributed by atoms with E-state index in [9.17, 15) is 0 Å². The Kier molecular flexibility index (Phi) is 6.29. The van der Waals surface area contributed by atoms with Crippen LogP contribution in [-0.4, -0.2) is 9.97 Å². The van der Waals surface area contributed by atoms with Crippen LogP contribution in [0.25, 0.3) is 0 Å². The van der Waals surface area contributed by atoms with E-state index in [0.717, 1.165) is 35.2 Å². The number of nitrogens with zero attached hydrogens (tertiary/aromatic N) is 2.